The van der Waals surface area contributed by atoms with E-state index in [1.165, 1.54) is 27.6 Å². The number of aromatic nitrogens is 2. The van der Waals surface area contributed by atoms with Crippen LogP contribution in [0.3, 0.4) is 0 Å². The second-order valence-electron chi connectivity index (χ2n) is 9.56. The van der Waals surface area contributed by atoms with Crippen LogP contribution in [0.5, 0.6) is 0 Å². The van der Waals surface area contributed by atoms with Crippen molar-refractivity contribution < 1.29 is 0 Å². The Balaban J connectivity index is 1.45. The summed E-state index contributed by atoms with van der Waals surface area (Å²) in [6, 6.07) is 19.3. The number of nitrogens with one attached hydrogen (secondary N) is 2. The molecule has 6 nitrogen and oxygen atoms in total. The molecule has 0 spiro atoms. The number of aromatic amines is 1. The molecule has 0 amide bonds. The Labute approximate surface area is 205 Å². The molecule has 0 saturated heterocycles. The van der Waals surface area contributed by atoms with Crippen molar-refractivity contribution in [2.45, 2.75) is 32.4 Å². The third kappa shape index (κ3) is 4.43. The molecule has 5 rings (SSSR count). The first-order chi connectivity index (χ1) is 16.8. The molecule has 0 saturated carbocycles. The summed E-state index contributed by atoms with van der Waals surface area (Å²) in [5.41, 5.74) is 6.42. The van der Waals surface area contributed by atoms with Crippen LogP contribution >= 0.6 is 0 Å². The predicted molar refractivity (Wildman–Crippen MR) is 146 cm³/mol. The number of aliphatic imine (C=N–C) groups is 1. The first kappa shape index (κ1) is 23.1. The van der Waals surface area contributed by atoms with Gasteiger partial charge in [-0.25, -0.2) is 4.98 Å². The minimum absolute atomic E-state index is 0.0341. The van der Waals surface area contributed by atoms with E-state index in [0.29, 0.717) is 22.8 Å². The molecule has 0 fully saturated rings. The van der Waals surface area contributed by atoms with Gasteiger partial charge in [-0.2, -0.15) is 0 Å². The quantitative estimate of drug-likeness (QED) is 0.413. The highest BCUT2D eigenvalue weighted by atomic mass is 16.1. The Bertz CT molecular complexity index is 1550. The predicted octanol–water partition coefficient (Wildman–Crippen LogP) is 5.16. The zero-order valence-corrected chi connectivity index (χ0v) is 20.9. The maximum atomic E-state index is 12.5. The van der Waals surface area contributed by atoms with E-state index >= 15 is 0 Å². The molecule has 2 N–H and O–H groups in total. The second kappa shape index (κ2) is 9.21. The van der Waals surface area contributed by atoms with Crippen LogP contribution in [0.25, 0.3) is 38.4 Å². The number of hydrogen-bond donors (Lipinski definition) is 2. The van der Waals surface area contributed by atoms with Gasteiger partial charge in [0.05, 0.1) is 16.9 Å². The highest BCUT2D eigenvalue weighted by Crippen LogP contribution is 2.31. The Morgan fingerprint density at radius 2 is 1.60 bits per heavy atom. The summed E-state index contributed by atoms with van der Waals surface area (Å²) in [6.45, 7) is 4.17. The average Bonchev–Trinajstić information content (AvgIpc) is 3.37. The van der Waals surface area contributed by atoms with Crippen LogP contribution in [-0.2, 0) is 0 Å². The molecular weight excluding hydrogens is 434 g/mol. The lowest BCUT2D eigenvalue weighted by Gasteiger charge is -2.20. The number of hydrogen-bond acceptors (Lipinski definition) is 5. The van der Waals surface area contributed by atoms with E-state index in [4.69, 9.17) is 4.98 Å². The lowest BCUT2D eigenvalue weighted by molar-refractivity contribution is 0.380. The summed E-state index contributed by atoms with van der Waals surface area (Å²) in [7, 11) is 6.03. The van der Waals surface area contributed by atoms with E-state index in [1.807, 2.05) is 38.4 Å². The number of fused-ring (bicyclic) bond motifs is 2. The maximum Gasteiger partial charge on any atom is 0.258 e. The highest BCUT2D eigenvalue weighted by molar-refractivity contribution is 6.02. The van der Waals surface area contributed by atoms with Gasteiger partial charge in [0.25, 0.3) is 5.56 Å². The van der Waals surface area contributed by atoms with Gasteiger partial charge in [0.15, 0.2) is 0 Å². The fourth-order valence-corrected chi connectivity index (χ4v) is 4.48. The molecule has 2 heterocycles. The molecule has 0 bridgehead atoms. The third-order valence-electron chi connectivity index (χ3n) is 7.13. The Kier molecular flexibility index (Phi) is 6.09. The number of benzene rings is 3. The van der Waals surface area contributed by atoms with Gasteiger partial charge in [0.2, 0.25) is 0 Å². The van der Waals surface area contributed by atoms with Crippen molar-refractivity contribution in [1.29, 1.82) is 0 Å². The van der Waals surface area contributed by atoms with Gasteiger partial charge in [0.1, 0.15) is 5.82 Å². The van der Waals surface area contributed by atoms with E-state index in [-0.39, 0.29) is 11.6 Å². The van der Waals surface area contributed by atoms with Crippen molar-refractivity contribution in [3.05, 3.63) is 82.5 Å². The van der Waals surface area contributed by atoms with Gasteiger partial charge in [-0.1, -0.05) is 30.3 Å². The zero-order valence-electron chi connectivity index (χ0n) is 20.9. The molecule has 2 atom stereocenters. The van der Waals surface area contributed by atoms with Gasteiger partial charge in [-0.05, 0) is 92.3 Å². The Morgan fingerprint density at radius 1 is 0.943 bits per heavy atom. The molecule has 2 unspecified atom stereocenters. The highest BCUT2D eigenvalue weighted by Gasteiger charge is 2.19. The lowest BCUT2D eigenvalue weighted by atomic mass is 9.95. The summed E-state index contributed by atoms with van der Waals surface area (Å²) in [6.07, 6.45) is 2.90. The molecule has 1 aliphatic rings. The summed E-state index contributed by atoms with van der Waals surface area (Å²) < 4.78 is 0. The summed E-state index contributed by atoms with van der Waals surface area (Å²) in [5.74, 6) is 0.640. The van der Waals surface area contributed by atoms with Crippen LogP contribution in [0.2, 0.25) is 0 Å². The molecule has 178 valence electrons. The SMILES string of the molecule is CNC(C)c1nc2cc(-c3ccc4cc(C5=CN=C(C(C)N(C)C)C5)ccc4c3)ccc2c(=O)[nH]1. The van der Waals surface area contributed by atoms with Crippen molar-refractivity contribution in [3.63, 3.8) is 0 Å². The number of H-pyrrole nitrogens is 1. The molecule has 6 heteroatoms. The van der Waals surface area contributed by atoms with E-state index in [9.17, 15) is 4.79 Å². The smallest absolute Gasteiger partial charge is 0.258 e. The van der Waals surface area contributed by atoms with Crippen LogP contribution in [0.1, 0.15) is 37.7 Å². The van der Waals surface area contributed by atoms with Crippen LogP contribution in [0.4, 0.5) is 0 Å². The molecule has 4 aromatic rings. The van der Waals surface area contributed by atoms with Crippen molar-refractivity contribution >= 4 is 33.0 Å². The molecule has 0 aliphatic carbocycles. The summed E-state index contributed by atoms with van der Waals surface area (Å²) in [5, 5.41) is 6.10. The van der Waals surface area contributed by atoms with Crippen molar-refractivity contribution in [2.75, 3.05) is 21.1 Å². The van der Waals surface area contributed by atoms with E-state index < -0.39 is 0 Å². The first-order valence-electron chi connectivity index (χ1n) is 12.0. The van der Waals surface area contributed by atoms with Crippen LogP contribution in [0, 0.1) is 0 Å². The van der Waals surface area contributed by atoms with Crippen molar-refractivity contribution in [2.24, 2.45) is 4.99 Å². The summed E-state index contributed by atoms with van der Waals surface area (Å²) in [4.78, 5) is 27.0. The molecule has 3 aromatic carbocycles. The fourth-order valence-electron chi connectivity index (χ4n) is 4.48. The van der Waals surface area contributed by atoms with Crippen molar-refractivity contribution in [1.82, 2.24) is 20.2 Å². The van der Waals surface area contributed by atoms with E-state index in [0.717, 1.165) is 17.5 Å². The zero-order chi connectivity index (χ0) is 24.7. The van der Waals surface area contributed by atoms with Gasteiger partial charge >= 0.3 is 0 Å². The Morgan fingerprint density at radius 3 is 2.31 bits per heavy atom. The van der Waals surface area contributed by atoms with Gasteiger partial charge in [-0.3, -0.25) is 9.79 Å². The fraction of sp³-hybridized carbons (Fsp3) is 0.276. The minimum atomic E-state index is -0.113. The minimum Gasteiger partial charge on any atom is -0.311 e. The van der Waals surface area contributed by atoms with Crippen LogP contribution in [-0.4, -0.2) is 47.8 Å². The molecular formula is C29H31N5O. The van der Waals surface area contributed by atoms with E-state index in [1.54, 1.807) is 0 Å². The topological polar surface area (TPSA) is 73.4 Å². The average molecular weight is 466 g/mol. The largest absolute Gasteiger partial charge is 0.311 e. The molecule has 0 radical (unpaired) electrons. The standard InChI is InChI=1S/C29H31N5O/c1-17(30-3)28-32-27-14-23(10-11-25(27)29(35)33-28)21-7-6-20-13-22(9-8-19(20)12-21)24-15-26(31-16-24)18(2)34(4)5/h6-14,16-18,30H,15H2,1-5H3,(H,32,33,35). The molecule has 1 aromatic heterocycles. The second-order valence-corrected chi connectivity index (χ2v) is 9.56. The van der Waals surface area contributed by atoms with Crippen LogP contribution in [0.15, 0.2) is 70.6 Å². The van der Waals surface area contributed by atoms with Crippen LogP contribution < -0.4 is 10.9 Å². The monoisotopic (exact) mass is 465 g/mol. The van der Waals surface area contributed by atoms with Gasteiger partial charge in [0, 0.05) is 24.4 Å². The summed E-state index contributed by atoms with van der Waals surface area (Å²) >= 11 is 0. The number of nitrogens with zero attached hydrogens (tertiary/aromatic N) is 3. The first-order valence-corrected chi connectivity index (χ1v) is 12.0. The molecule has 35 heavy (non-hydrogen) atoms. The van der Waals surface area contributed by atoms with Crippen molar-refractivity contribution in [3.8, 4) is 11.1 Å². The molecule has 1 aliphatic heterocycles. The van der Waals surface area contributed by atoms with Gasteiger partial charge in [-0.15, -0.1) is 0 Å². The maximum absolute atomic E-state index is 12.5. The number of rotatable bonds is 6. The van der Waals surface area contributed by atoms with Gasteiger partial charge < -0.3 is 15.2 Å². The van der Waals surface area contributed by atoms with E-state index in [2.05, 4.69) is 77.6 Å². The normalized spacial score (nSPS) is 15.5. The third-order valence-corrected chi connectivity index (χ3v) is 7.13. The lowest BCUT2D eigenvalue weighted by Crippen LogP contribution is -2.32. The Hall–Kier alpha value is -3.61. The number of allylic oxidation sites excluding steroid dienone is 1.